The Bertz CT molecular complexity index is 402. The Hall–Kier alpha value is -1.29. The summed E-state index contributed by atoms with van der Waals surface area (Å²) >= 11 is 3.30. The van der Waals surface area contributed by atoms with Crippen molar-refractivity contribution in [3.63, 3.8) is 0 Å². The Balaban J connectivity index is 3.20. The number of nitrogens with two attached hydrogens (primary N) is 1. The lowest BCUT2D eigenvalue weighted by molar-refractivity contribution is 0.0996. The maximum absolute atomic E-state index is 11.2. The number of hydrogen-bond acceptors (Lipinski definition) is 2. The lowest BCUT2D eigenvalue weighted by Crippen LogP contribution is -2.14. The van der Waals surface area contributed by atoms with Crippen molar-refractivity contribution in [2.75, 3.05) is 6.61 Å². The molecule has 0 aliphatic heterocycles. The number of ether oxygens (including phenoxy) is 1. The predicted molar refractivity (Wildman–Crippen MR) is 63.1 cm³/mol. The number of benzene rings is 1. The molecule has 1 aromatic rings. The molecule has 0 aromatic heterocycles. The normalized spacial score (nSPS) is 9.73. The van der Waals surface area contributed by atoms with Crippen LogP contribution in [-0.4, -0.2) is 12.5 Å². The van der Waals surface area contributed by atoms with Crippen molar-refractivity contribution in [1.82, 2.24) is 0 Å². The first-order valence-electron chi connectivity index (χ1n) is 4.40. The average molecular weight is 270 g/mol. The molecule has 0 saturated carbocycles. The SMILES string of the molecule is C=CCOc1c(C)cc(Br)cc1C(N)=O. The van der Waals surface area contributed by atoms with Crippen LogP contribution in [0.4, 0.5) is 0 Å². The maximum Gasteiger partial charge on any atom is 0.252 e. The third kappa shape index (κ3) is 2.83. The van der Waals surface area contributed by atoms with E-state index in [9.17, 15) is 4.79 Å². The second kappa shape index (κ2) is 4.98. The molecule has 0 aliphatic rings. The Morgan fingerprint density at radius 3 is 2.87 bits per heavy atom. The van der Waals surface area contributed by atoms with Gasteiger partial charge in [-0.1, -0.05) is 28.6 Å². The van der Waals surface area contributed by atoms with Gasteiger partial charge in [-0.15, -0.1) is 0 Å². The van der Waals surface area contributed by atoms with Crippen molar-refractivity contribution in [1.29, 1.82) is 0 Å². The molecule has 0 radical (unpaired) electrons. The van der Waals surface area contributed by atoms with Crippen LogP contribution in [0.25, 0.3) is 0 Å². The molecule has 80 valence electrons. The zero-order valence-electron chi connectivity index (χ0n) is 8.42. The summed E-state index contributed by atoms with van der Waals surface area (Å²) in [6.07, 6.45) is 1.62. The first-order valence-corrected chi connectivity index (χ1v) is 5.19. The minimum atomic E-state index is -0.501. The van der Waals surface area contributed by atoms with Gasteiger partial charge >= 0.3 is 0 Å². The summed E-state index contributed by atoms with van der Waals surface area (Å²) in [5, 5.41) is 0. The maximum atomic E-state index is 11.2. The van der Waals surface area contributed by atoms with Gasteiger partial charge < -0.3 is 10.5 Å². The smallest absolute Gasteiger partial charge is 0.252 e. The molecule has 1 amide bonds. The van der Waals surface area contributed by atoms with Crippen LogP contribution in [-0.2, 0) is 0 Å². The standard InChI is InChI=1S/C11H12BrNO2/c1-3-4-15-10-7(2)5-8(12)6-9(10)11(13)14/h3,5-6H,1,4H2,2H3,(H2,13,14). The van der Waals surface area contributed by atoms with Crippen LogP contribution in [0.5, 0.6) is 5.75 Å². The topological polar surface area (TPSA) is 52.3 Å². The minimum absolute atomic E-state index is 0.350. The average Bonchev–Trinajstić information content (AvgIpc) is 2.15. The van der Waals surface area contributed by atoms with Gasteiger partial charge in [-0.2, -0.15) is 0 Å². The van der Waals surface area contributed by atoms with E-state index in [0.717, 1.165) is 10.0 Å². The Morgan fingerprint density at radius 1 is 1.67 bits per heavy atom. The van der Waals surface area contributed by atoms with Crippen LogP contribution in [0.3, 0.4) is 0 Å². The molecule has 1 aromatic carbocycles. The molecule has 0 unspecified atom stereocenters. The van der Waals surface area contributed by atoms with Gasteiger partial charge in [-0.25, -0.2) is 0 Å². The first kappa shape index (κ1) is 11.8. The van der Waals surface area contributed by atoms with Crippen LogP contribution in [0.2, 0.25) is 0 Å². The van der Waals surface area contributed by atoms with Crippen molar-refractivity contribution in [3.05, 3.63) is 40.4 Å². The first-order chi connectivity index (χ1) is 7.06. The summed E-state index contributed by atoms with van der Waals surface area (Å²) in [5.74, 6) is 0.0177. The van der Waals surface area contributed by atoms with Gasteiger partial charge in [-0.05, 0) is 24.6 Å². The van der Waals surface area contributed by atoms with E-state index in [2.05, 4.69) is 22.5 Å². The fraction of sp³-hybridized carbons (Fsp3) is 0.182. The Morgan fingerprint density at radius 2 is 2.33 bits per heavy atom. The number of primary amides is 1. The van der Waals surface area contributed by atoms with E-state index in [1.807, 2.05) is 13.0 Å². The monoisotopic (exact) mass is 269 g/mol. The second-order valence-electron chi connectivity index (χ2n) is 3.06. The number of amides is 1. The van der Waals surface area contributed by atoms with Gasteiger partial charge in [0, 0.05) is 4.47 Å². The third-order valence-corrected chi connectivity index (χ3v) is 2.31. The zero-order chi connectivity index (χ0) is 11.4. The molecule has 4 heteroatoms. The fourth-order valence-corrected chi connectivity index (χ4v) is 1.82. The van der Waals surface area contributed by atoms with E-state index in [0.29, 0.717) is 17.9 Å². The molecule has 0 heterocycles. The van der Waals surface area contributed by atoms with Crippen LogP contribution in [0.15, 0.2) is 29.3 Å². The number of hydrogen-bond donors (Lipinski definition) is 1. The van der Waals surface area contributed by atoms with Crippen molar-refractivity contribution >= 4 is 21.8 Å². The number of aryl methyl sites for hydroxylation is 1. The predicted octanol–water partition coefficient (Wildman–Crippen LogP) is 2.42. The molecule has 0 spiro atoms. The van der Waals surface area contributed by atoms with Gasteiger partial charge in [0.25, 0.3) is 5.91 Å². The quantitative estimate of drug-likeness (QED) is 0.854. The summed E-state index contributed by atoms with van der Waals surface area (Å²) in [4.78, 5) is 11.2. The number of halogens is 1. The summed E-state index contributed by atoms with van der Waals surface area (Å²) in [5.41, 5.74) is 6.50. The summed E-state index contributed by atoms with van der Waals surface area (Å²) in [7, 11) is 0. The lowest BCUT2D eigenvalue weighted by Gasteiger charge is -2.11. The van der Waals surface area contributed by atoms with Crippen LogP contribution in [0, 0.1) is 6.92 Å². The molecule has 0 saturated heterocycles. The highest BCUT2D eigenvalue weighted by Crippen LogP contribution is 2.27. The van der Waals surface area contributed by atoms with Gasteiger partial charge in [-0.3, -0.25) is 4.79 Å². The minimum Gasteiger partial charge on any atom is -0.488 e. The fourth-order valence-electron chi connectivity index (χ4n) is 1.25. The third-order valence-electron chi connectivity index (χ3n) is 1.85. The highest BCUT2D eigenvalue weighted by molar-refractivity contribution is 9.10. The van der Waals surface area contributed by atoms with Gasteiger partial charge in [0.1, 0.15) is 12.4 Å². The van der Waals surface area contributed by atoms with Crippen molar-refractivity contribution < 1.29 is 9.53 Å². The van der Waals surface area contributed by atoms with E-state index in [1.54, 1.807) is 12.1 Å². The molecular weight excluding hydrogens is 258 g/mol. The molecule has 0 aliphatic carbocycles. The highest BCUT2D eigenvalue weighted by atomic mass is 79.9. The summed E-state index contributed by atoms with van der Waals surface area (Å²) in [6.45, 7) is 5.75. The van der Waals surface area contributed by atoms with E-state index in [-0.39, 0.29) is 0 Å². The van der Waals surface area contributed by atoms with Crippen LogP contribution in [0.1, 0.15) is 15.9 Å². The number of rotatable bonds is 4. The summed E-state index contributed by atoms with van der Waals surface area (Å²) < 4.78 is 6.20. The van der Waals surface area contributed by atoms with Crippen LogP contribution < -0.4 is 10.5 Å². The van der Waals surface area contributed by atoms with E-state index in [1.165, 1.54) is 0 Å². The van der Waals surface area contributed by atoms with E-state index >= 15 is 0 Å². The van der Waals surface area contributed by atoms with Crippen molar-refractivity contribution in [3.8, 4) is 5.75 Å². The van der Waals surface area contributed by atoms with Crippen molar-refractivity contribution in [2.24, 2.45) is 5.73 Å². The van der Waals surface area contributed by atoms with Crippen LogP contribution >= 0.6 is 15.9 Å². The molecule has 3 nitrogen and oxygen atoms in total. The number of carbonyl (C=O) groups is 1. The molecule has 1 rings (SSSR count). The molecule has 0 atom stereocenters. The zero-order valence-corrected chi connectivity index (χ0v) is 10.0. The van der Waals surface area contributed by atoms with Crippen molar-refractivity contribution in [2.45, 2.75) is 6.92 Å². The molecule has 0 bridgehead atoms. The van der Waals surface area contributed by atoms with E-state index < -0.39 is 5.91 Å². The lowest BCUT2D eigenvalue weighted by atomic mass is 10.1. The number of carbonyl (C=O) groups excluding carboxylic acids is 1. The largest absolute Gasteiger partial charge is 0.488 e. The van der Waals surface area contributed by atoms with Gasteiger partial charge in [0.15, 0.2) is 0 Å². The molecule has 0 fully saturated rings. The Kier molecular flexibility index (Phi) is 3.91. The molecule has 2 N–H and O–H groups in total. The Labute approximate surface area is 97.0 Å². The summed E-state index contributed by atoms with van der Waals surface area (Å²) in [6, 6.07) is 3.51. The highest BCUT2D eigenvalue weighted by Gasteiger charge is 2.12. The second-order valence-corrected chi connectivity index (χ2v) is 3.98. The van der Waals surface area contributed by atoms with Gasteiger partial charge in [0.05, 0.1) is 5.56 Å². The molecular formula is C11H12BrNO2. The van der Waals surface area contributed by atoms with Gasteiger partial charge in [0.2, 0.25) is 0 Å². The van der Waals surface area contributed by atoms with E-state index in [4.69, 9.17) is 10.5 Å². The molecule has 15 heavy (non-hydrogen) atoms.